The van der Waals surface area contributed by atoms with Crippen molar-refractivity contribution in [3.63, 3.8) is 0 Å². The number of hydrogen-bond donors (Lipinski definition) is 2. The van der Waals surface area contributed by atoms with E-state index in [4.69, 9.17) is 4.74 Å². The molecule has 0 radical (unpaired) electrons. The number of nitrogens with zero attached hydrogens (tertiary/aromatic N) is 5. The van der Waals surface area contributed by atoms with Gasteiger partial charge in [-0.05, 0) is 37.6 Å². The van der Waals surface area contributed by atoms with Crippen LogP contribution in [0.1, 0.15) is 32.4 Å². The fraction of sp³-hybridized carbons (Fsp3) is 0.565. The molecule has 1 aliphatic rings. The van der Waals surface area contributed by atoms with E-state index >= 15 is 0 Å². The summed E-state index contributed by atoms with van der Waals surface area (Å²) < 4.78 is 21.0. The Morgan fingerprint density at radius 3 is 2.82 bits per heavy atom. The lowest BCUT2D eigenvalue weighted by Gasteiger charge is -2.35. The second-order valence-electron chi connectivity index (χ2n) is 8.80. The number of rotatable bonds is 5. The van der Waals surface area contributed by atoms with Crippen LogP contribution in [-0.4, -0.2) is 80.7 Å². The molecule has 2 heterocycles. The van der Waals surface area contributed by atoms with Crippen molar-refractivity contribution in [2.45, 2.75) is 52.0 Å². The largest absolute Gasteiger partial charge is 0.394 e. The third kappa shape index (κ3) is 6.97. The number of carbonyl (C=O) groups excluding carboxylic acids is 2. The van der Waals surface area contributed by atoms with Gasteiger partial charge in [-0.25, -0.2) is 9.18 Å². The van der Waals surface area contributed by atoms with Crippen molar-refractivity contribution >= 4 is 17.6 Å². The first-order valence-corrected chi connectivity index (χ1v) is 11.5. The van der Waals surface area contributed by atoms with E-state index < -0.39 is 6.10 Å². The van der Waals surface area contributed by atoms with E-state index in [1.165, 1.54) is 29.2 Å². The predicted molar refractivity (Wildman–Crippen MR) is 123 cm³/mol. The predicted octanol–water partition coefficient (Wildman–Crippen LogP) is 2.11. The molecule has 1 aromatic carbocycles. The molecule has 2 bridgehead atoms. The lowest BCUT2D eigenvalue weighted by atomic mass is 10.0. The van der Waals surface area contributed by atoms with Crippen LogP contribution in [0.25, 0.3) is 0 Å². The molecule has 3 rings (SSSR count). The smallest absolute Gasteiger partial charge is 0.321 e. The van der Waals surface area contributed by atoms with Crippen LogP contribution in [-0.2, 0) is 22.7 Å². The summed E-state index contributed by atoms with van der Waals surface area (Å²) in [5.74, 6) is -0.574. The molecule has 0 fully saturated rings. The van der Waals surface area contributed by atoms with Gasteiger partial charge in [0.1, 0.15) is 11.5 Å². The first-order chi connectivity index (χ1) is 16.3. The van der Waals surface area contributed by atoms with Gasteiger partial charge in [-0.1, -0.05) is 12.1 Å². The fourth-order valence-electron chi connectivity index (χ4n) is 3.80. The summed E-state index contributed by atoms with van der Waals surface area (Å²) in [7, 11) is 1.64. The zero-order valence-corrected chi connectivity index (χ0v) is 19.9. The summed E-state index contributed by atoms with van der Waals surface area (Å²) in [6.07, 6.45) is 2.32. The maximum absolute atomic E-state index is 13.1. The Morgan fingerprint density at radius 2 is 2.12 bits per heavy atom. The number of aliphatic hydroxyl groups excluding tert-OH is 1. The number of carbonyl (C=O) groups is 2. The topological polar surface area (TPSA) is 113 Å². The molecule has 3 amide bonds. The molecule has 186 valence electrons. The third-order valence-corrected chi connectivity index (χ3v) is 5.94. The van der Waals surface area contributed by atoms with Crippen LogP contribution in [0, 0.1) is 11.7 Å². The molecule has 1 aliphatic heterocycles. The van der Waals surface area contributed by atoms with Crippen LogP contribution in [0.5, 0.6) is 0 Å². The Morgan fingerprint density at radius 1 is 1.38 bits per heavy atom. The molecule has 2 aromatic rings. The average Bonchev–Trinajstić information content (AvgIpc) is 3.27. The summed E-state index contributed by atoms with van der Waals surface area (Å²) in [4.78, 5) is 28.8. The molecular weight excluding hydrogens is 443 g/mol. The number of anilines is 1. The SMILES string of the molecule is C[C@H]1CN([C@@H](C)CO)C(=O)CCCn2cc(nn2)CO[C@H]1CN(C)C(=O)Nc1ccc(F)cc1. The van der Waals surface area contributed by atoms with E-state index in [2.05, 4.69) is 15.6 Å². The lowest BCUT2D eigenvalue weighted by molar-refractivity contribution is -0.136. The van der Waals surface area contributed by atoms with Crippen molar-refractivity contribution in [2.75, 3.05) is 32.1 Å². The molecule has 1 aromatic heterocycles. The highest BCUT2D eigenvalue weighted by atomic mass is 19.1. The van der Waals surface area contributed by atoms with Gasteiger partial charge in [0, 0.05) is 44.7 Å². The van der Waals surface area contributed by atoms with Gasteiger partial charge < -0.3 is 25.0 Å². The molecule has 34 heavy (non-hydrogen) atoms. The minimum Gasteiger partial charge on any atom is -0.394 e. The maximum Gasteiger partial charge on any atom is 0.321 e. The van der Waals surface area contributed by atoms with Gasteiger partial charge in [0.05, 0.1) is 31.6 Å². The molecule has 0 aliphatic carbocycles. The first kappa shape index (κ1) is 25.6. The molecule has 0 saturated carbocycles. The molecular formula is C23H33FN6O4. The summed E-state index contributed by atoms with van der Waals surface area (Å²) in [6.45, 7) is 5.02. The van der Waals surface area contributed by atoms with Gasteiger partial charge in [-0.2, -0.15) is 0 Å². The maximum atomic E-state index is 13.1. The highest BCUT2D eigenvalue weighted by Gasteiger charge is 2.28. The van der Waals surface area contributed by atoms with E-state index in [0.29, 0.717) is 37.3 Å². The van der Waals surface area contributed by atoms with Crippen LogP contribution in [0.2, 0.25) is 0 Å². The highest BCUT2D eigenvalue weighted by molar-refractivity contribution is 5.89. The number of halogens is 1. The lowest BCUT2D eigenvalue weighted by Crippen LogP contribution is -2.48. The van der Waals surface area contributed by atoms with Gasteiger partial charge in [0.2, 0.25) is 5.91 Å². The second kappa shape index (κ2) is 11.9. The molecule has 0 unspecified atom stereocenters. The monoisotopic (exact) mass is 476 g/mol. The normalized spacial score (nSPS) is 20.6. The highest BCUT2D eigenvalue weighted by Crippen LogP contribution is 2.18. The fourth-order valence-corrected chi connectivity index (χ4v) is 3.80. The van der Waals surface area contributed by atoms with Crippen LogP contribution in [0.15, 0.2) is 30.5 Å². The number of benzene rings is 1. The number of likely N-dealkylation sites (N-methyl/N-ethyl adjacent to an activating group) is 1. The van der Waals surface area contributed by atoms with Crippen molar-refractivity contribution in [1.82, 2.24) is 24.8 Å². The van der Waals surface area contributed by atoms with E-state index in [9.17, 15) is 19.1 Å². The van der Waals surface area contributed by atoms with E-state index in [1.54, 1.807) is 22.8 Å². The Balaban J connectivity index is 1.75. The minimum absolute atomic E-state index is 0.0471. The molecule has 3 atom stereocenters. The molecule has 0 spiro atoms. The summed E-state index contributed by atoms with van der Waals surface area (Å²) >= 11 is 0. The van der Waals surface area contributed by atoms with E-state index in [0.717, 1.165) is 0 Å². The Hall–Kier alpha value is -3.05. The van der Waals surface area contributed by atoms with E-state index in [-0.39, 0.29) is 49.5 Å². The third-order valence-electron chi connectivity index (χ3n) is 5.94. The number of amides is 3. The minimum atomic E-state index is -0.420. The summed E-state index contributed by atoms with van der Waals surface area (Å²) in [5.41, 5.74) is 1.15. The molecule has 10 nitrogen and oxygen atoms in total. The van der Waals surface area contributed by atoms with Crippen LogP contribution in [0.3, 0.4) is 0 Å². The van der Waals surface area contributed by atoms with Crippen molar-refractivity contribution in [3.05, 3.63) is 42.0 Å². The van der Waals surface area contributed by atoms with Crippen LogP contribution >= 0.6 is 0 Å². The zero-order chi connectivity index (χ0) is 24.7. The summed E-state index contributed by atoms with van der Waals surface area (Å²) in [6, 6.07) is 4.82. The van der Waals surface area contributed by atoms with Crippen molar-refractivity contribution in [2.24, 2.45) is 5.92 Å². The Kier molecular flexibility index (Phi) is 8.94. The number of aliphatic hydroxyl groups is 1. The number of aryl methyl sites for hydroxylation is 1. The number of urea groups is 1. The average molecular weight is 477 g/mol. The number of fused-ring (bicyclic) bond motifs is 2. The number of aromatic nitrogens is 3. The van der Waals surface area contributed by atoms with Crippen LogP contribution in [0.4, 0.5) is 14.9 Å². The standard InChI is InChI=1S/C23H33FN6O4/c1-16-11-30(17(2)14-31)22(32)5-4-10-29-12-20(26-27-29)15-34-21(16)13-28(3)23(33)25-19-8-6-18(24)7-9-19/h6-9,12,16-17,21,31H,4-5,10-11,13-15H2,1-3H3,(H,25,33)/t16-,17-,21-/m0/s1. The van der Waals surface area contributed by atoms with Crippen LogP contribution < -0.4 is 5.32 Å². The van der Waals surface area contributed by atoms with Gasteiger partial charge in [0.25, 0.3) is 0 Å². The molecule has 0 saturated heterocycles. The quantitative estimate of drug-likeness (QED) is 0.684. The van der Waals surface area contributed by atoms with Gasteiger partial charge in [0.15, 0.2) is 0 Å². The van der Waals surface area contributed by atoms with Crippen molar-refractivity contribution in [3.8, 4) is 0 Å². The van der Waals surface area contributed by atoms with Gasteiger partial charge in [-0.15, -0.1) is 5.10 Å². The van der Waals surface area contributed by atoms with Crippen molar-refractivity contribution < 1.29 is 23.8 Å². The molecule has 2 N–H and O–H groups in total. The number of hydrogen-bond acceptors (Lipinski definition) is 6. The Labute approximate surface area is 198 Å². The second-order valence-corrected chi connectivity index (χ2v) is 8.80. The van der Waals surface area contributed by atoms with Crippen molar-refractivity contribution in [1.29, 1.82) is 0 Å². The number of nitrogens with one attached hydrogen (secondary N) is 1. The van der Waals surface area contributed by atoms with Gasteiger partial charge >= 0.3 is 6.03 Å². The zero-order valence-electron chi connectivity index (χ0n) is 19.9. The Bertz CT molecular complexity index is 953. The first-order valence-electron chi connectivity index (χ1n) is 11.5. The molecule has 11 heteroatoms. The van der Waals surface area contributed by atoms with Gasteiger partial charge in [-0.3, -0.25) is 9.48 Å². The number of ether oxygens (including phenoxy) is 1. The van der Waals surface area contributed by atoms with E-state index in [1.807, 2.05) is 13.8 Å². The summed E-state index contributed by atoms with van der Waals surface area (Å²) in [5, 5.41) is 20.7.